The van der Waals surface area contributed by atoms with E-state index in [4.69, 9.17) is 0 Å². The monoisotopic (exact) mass is 202 g/mol. The van der Waals surface area contributed by atoms with E-state index in [2.05, 4.69) is 10.2 Å². The molecule has 0 bridgehead atoms. The molecule has 0 rings (SSSR count). The number of nitrogens with one attached hydrogen (secondary N) is 1. The van der Waals surface area contributed by atoms with E-state index in [1.54, 1.807) is 14.0 Å². The van der Waals surface area contributed by atoms with Crippen molar-refractivity contribution in [1.29, 1.82) is 0 Å². The van der Waals surface area contributed by atoms with Crippen molar-refractivity contribution in [2.75, 3.05) is 13.7 Å². The van der Waals surface area contributed by atoms with Gasteiger partial charge in [0.25, 0.3) is 0 Å². The van der Waals surface area contributed by atoms with E-state index >= 15 is 0 Å². The fourth-order valence-electron chi connectivity index (χ4n) is 1.03. The topological polar surface area (TPSA) is 58.6 Å². The lowest BCUT2D eigenvalue weighted by Crippen LogP contribution is -2.55. The molecular formula is C9H18N2O3. The van der Waals surface area contributed by atoms with Gasteiger partial charge in [0.15, 0.2) is 0 Å². The second-order valence-corrected chi connectivity index (χ2v) is 3.76. The summed E-state index contributed by atoms with van der Waals surface area (Å²) in [5.41, 5.74) is 2.20. The molecular weight excluding hydrogens is 184 g/mol. The van der Waals surface area contributed by atoms with Crippen LogP contribution in [0.3, 0.4) is 0 Å². The third kappa shape index (κ3) is 3.33. The van der Waals surface area contributed by atoms with Gasteiger partial charge in [-0.2, -0.15) is 0 Å². The van der Waals surface area contributed by atoms with Gasteiger partial charge in [-0.15, -0.1) is 0 Å². The van der Waals surface area contributed by atoms with E-state index in [9.17, 15) is 9.59 Å². The fourth-order valence-corrected chi connectivity index (χ4v) is 1.03. The van der Waals surface area contributed by atoms with E-state index in [-0.39, 0.29) is 6.61 Å². The Balaban J connectivity index is 4.55. The quantitative estimate of drug-likeness (QED) is 0.398. The van der Waals surface area contributed by atoms with Gasteiger partial charge in [-0.25, -0.2) is 10.2 Å². The molecule has 0 aliphatic heterocycles. The Hall–Kier alpha value is -1.10. The summed E-state index contributed by atoms with van der Waals surface area (Å²) in [6, 6.07) is 0. The highest BCUT2D eigenvalue weighted by Crippen LogP contribution is 2.10. The number of nitrogens with zero attached hydrogens (tertiary/aromatic N) is 1. The molecule has 0 aromatic heterocycles. The Kier molecular flexibility index (Phi) is 4.56. The summed E-state index contributed by atoms with van der Waals surface area (Å²) in [5, 5.41) is 1.24. The van der Waals surface area contributed by atoms with E-state index in [0.29, 0.717) is 0 Å². The Morgan fingerprint density at radius 2 is 1.86 bits per heavy atom. The van der Waals surface area contributed by atoms with Crippen LogP contribution in [0.2, 0.25) is 0 Å². The molecule has 0 heterocycles. The summed E-state index contributed by atoms with van der Waals surface area (Å²) < 4.78 is 4.61. The summed E-state index contributed by atoms with van der Waals surface area (Å²) in [6.07, 6.45) is 0. The Bertz CT molecular complexity index is 221. The average molecular weight is 202 g/mol. The molecule has 0 saturated heterocycles. The van der Waals surface area contributed by atoms with Crippen LogP contribution < -0.4 is 5.43 Å². The highest BCUT2D eigenvalue weighted by Gasteiger charge is 2.31. The van der Waals surface area contributed by atoms with Crippen molar-refractivity contribution in [3.8, 4) is 0 Å². The zero-order chi connectivity index (χ0) is 11.4. The summed E-state index contributed by atoms with van der Waals surface area (Å²) in [6.45, 7) is 7.32. The average Bonchev–Trinajstić information content (AvgIpc) is 2.03. The predicted octanol–water partition coefficient (Wildman–Crippen LogP) is 0.311. The first-order chi connectivity index (χ1) is 6.34. The normalized spacial score (nSPS) is 10.9. The first-order valence-corrected chi connectivity index (χ1v) is 4.53. The molecule has 0 saturated carbocycles. The van der Waals surface area contributed by atoms with Crippen molar-refractivity contribution >= 4 is 11.9 Å². The van der Waals surface area contributed by atoms with E-state index in [1.165, 1.54) is 5.01 Å². The van der Waals surface area contributed by atoms with Crippen molar-refractivity contribution in [1.82, 2.24) is 10.4 Å². The van der Waals surface area contributed by atoms with Gasteiger partial charge in [-0.3, -0.25) is 9.80 Å². The van der Waals surface area contributed by atoms with Gasteiger partial charge in [-0.1, -0.05) is 0 Å². The lowest BCUT2D eigenvalue weighted by atomic mass is 10.1. The van der Waals surface area contributed by atoms with Crippen LogP contribution in [0.4, 0.5) is 0 Å². The molecule has 0 aromatic rings. The minimum absolute atomic E-state index is 0.201. The van der Waals surface area contributed by atoms with Crippen molar-refractivity contribution in [2.24, 2.45) is 0 Å². The highest BCUT2D eigenvalue weighted by molar-refractivity contribution is 6.32. The fraction of sp³-hybridized carbons (Fsp3) is 0.778. The van der Waals surface area contributed by atoms with Crippen molar-refractivity contribution in [3.05, 3.63) is 0 Å². The Morgan fingerprint density at radius 1 is 1.36 bits per heavy atom. The number of hydrogen-bond acceptors (Lipinski definition) is 4. The van der Waals surface area contributed by atoms with Crippen LogP contribution in [0.25, 0.3) is 0 Å². The van der Waals surface area contributed by atoms with Crippen LogP contribution >= 0.6 is 0 Å². The van der Waals surface area contributed by atoms with Gasteiger partial charge < -0.3 is 4.74 Å². The van der Waals surface area contributed by atoms with Crippen LogP contribution in [0, 0.1) is 0 Å². The van der Waals surface area contributed by atoms with Crippen molar-refractivity contribution in [3.63, 3.8) is 0 Å². The highest BCUT2D eigenvalue weighted by atomic mass is 16.5. The lowest BCUT2D eigenvalue weighted by Gasteiger charge is -2.33. The Labute approximate surface area is 84.4 Å². The predicted molar refractivity (Wildman–Crippen MR) is 52.3 cm³/mol. The molecule has 0 spiro atoms. The summed E-state index contributed by atoms with van der Waals surface area (Å²) in [7, 11) is 1.59. The number of carbonyl (C=O) groups excluding carboxylic acids is 2. The van der Waals surface area contributed by atoms with Crippen LogP contribution in [0.5, 0.6) is 0 Å². The molecule has 0 aliphatic carbocycles. The third-order valence-electron chi connectivity index (χ3n) is 1.55. The van der Waals surface area contributed by atoms with Crippen LogP contribution in [0.15, 0.2) is 0 Å². The zero-order valence-corrected chi connectivity index (χ0v) is 9.38. The molecule has 82 valence electrons. The summed E-state index contributed by atoms with van der Waals surface area (Å²) in [4.78, 5) is 22.6. The standard InChI is InChI=1S/C9H18N2O3/c1-6-14-8(13)7(12)11(10-5)9(2,3)4/h10H,6H2,1-5H3. The number of rotatable bonds is 2. The first kappa shape index (κ1) is 12.9. The molecule has 0 radical (unpaired) electrons. The maximum absolute atomic E-state index is 11.5. The third-order valence-corrected chi connectivity index (χ3v) is 1.55. The van der Waals surface area contributed by atoms with Gasteiger partial charge in [-0.05, 0) is 27.7 Å². The van der Waals surface area contributed by atoms with Gasteiger partial charge in [0.2, 0.25) is 0 Å². The van der Waals surface area contributed by atoms with Crippen molar-refractivity contribution in [2.45, 2.75) is 33.2 Å². The van der Waals surface area contributed by atoms with Gasteiger partial charge in [0, 0.05) is 7.05 Å². The Morgan fingerprint density at radius 3 is 2.14 bits per heavy atom. The molecule has 14 heavy (non-hydrogen) atoms. The molecule has 0 atom stereocenters. The zero-order valence-electron chi connectivity index (χ0n) is 9.38. The van der Waals surface area contributed by atoms with Crippen LogP contribution in [-0.2, 0) is 14.3 Å². The molecule has 1 amide bonds. The SMILES string of the molecule is CCOC(=O)C(=O)N(NC)C(C)(C)C. The van der Waals surface area contributed by atoms with Crippen molar-refractivity contribution < 1.29 is 14.3 Å². The molecule has 5 nitrogen and oxygen atoms in total. The maximum Gasteiger partial charge on any atom is 0.398 e. The first-order valence-electron chi connectivity index (χ1n) is 4.53. The summed E-state index contributed by atoms with van der Waals surface area (Å²) >= 11 is 0. The summed E-state index contributed by atoms with van der Waals surface area (Å²) in [5.74, 6) is -1.52. The van der Waals surface area contributed by atoms with E-state index < -0.39 is 17.4 Å². The number of hydrazine groups is 1. The number of esters is 1. The van der Waals surface area contributed by atoms with Gasteiger partial charge >= 0.3 is 11.9 Å². The molecule has 5 heteroatoms. The lowest BCUT2D eigenvalue weighted by molar-refractivity contribution is -0.164. The second kappa shape index (κ2) is 4.95. The van der Waals surface area contributed by atoms with Crippen LogP contribution in [-0.4, -0.2) is 36.1 Å². The molecule has 1 N–H and O–H groups in total. The minimum Gasteiger partial charge on any atom is -0.459 e. The largest absolute Gasteiger partial charge is 0.459 e. The smallest absolute Gasteiger partial charge is 0.398 e. The van der Waals surface area contributed by atoms with E-state index in [1.807, 2.05) is 20.8 Å². The molecule has 0 fully saturated rings. The molecule has 0 aliphatic rings. The number of hydrogen-bond donors (Lipinski definition) is 1. The van der Waals surface area contributed by atoms with Gasteiger partial charge in [0.05, 0.1) is 12.1 Å². The number of amides is 1. The van der Waals surface area contributed by atoms with Gasteiger partial charge in [0.1, 0.15) is 0 Å². The van der Waals surface area contributed by atoms with E-state index in [0.717, 1.165) is 0 Å². The van der Waals surface area contributed by atoms with Crippen LogP contribution in [0.1, 0.15) is 27.7 Å². The number of ether oxygens (including phenoxy) is 1. The molecule has 0 unspecified atom stereocenters. The molecule has 0 aromatic carbocycles. The number of carbonyl (C=O) groups is 2. The minimum atomic E-state index is -0.836. The second-order valence-electron chi connectivity index (χ2n) is 3.76. The maximum atomic E-state index is 11.5.